The topological polar surface area (TPSA) is 74.6 Å². The van der Waals surface area contributed by atoms with E-state index >= 15 is 0 Å². The molecule has 0 spiro atoms. The van der Waals surface area contributed by atoms with Gasteiger partial charge in [-0.3, -0.25) is 0 Å². The highest BCUT2D eigenvalue weighted by Crippen LogP contribution is 2.49. The lowest BCUT2D eigenvalue weighted by Crippen LogP contribution is -2.42. The lowest BCUT2D eigenvalue weighted by atomic mass is 9.84. The van der Waals surface area contributed by atoms with Gasteiger partial charge in [0.25, 0.3) is 5.67 Å². The normalized spacial score (nSPS) is 25.5. The number of rotatable bonds is 2. The quantitative estimate of drug-likeness (QED) is 0.759. The van der Waals surface area contributed by atoms with Crippen molar-refractivity contribution in [3.63, 3.8) is 0 Å². The third kappa shape index (κ3) is 2.33. The van der Waals surface area contributed by atoms with Gasteiger partial charge in [0.15, 0.2) is 17.5 Å². The van der Waals surface area contributed by atoms with E-state index in [2.05, 4.69) is 0 Å². The van der Waals surface area contributed by atoms with Crippen LogP contribution in [0, 0.1) is 0 Å². The van der Waals surface area contributed by atoms with Crippen LogP contribution in [0.2, 0.25) is 0 Å². The molecule has 0 aromatic heterocycles. The number of allylic oxidation sites excluding steroid dienone is 2. The van der Waals surface area contributed by atoms with Crippen LogP contribution in [0.1, 0.15) is 0 Å². The van der Waals surface area contributed by atoms with E-state index in [1.807, 2.05) is 0 Å². The highest BCUT2D eigenvalue weighted by atomic mass is 19.4. The molecule has 122 valence electrons. The minimum Gasteiger partial charge on any atom is -0.478 e. The van der Waals surface area contributed by atoms with Gasteiger partial charge >= 0.3 is 18.1 Å². The second-order valence-electron chi connectivity index (χ2n) is 3.77. The van der Waals surface area contributed by atoms with E-state index in [1.54, 1.807) is 0 Å². The number of carboxylic acids is 2. The maximum absolute atomic E-state index is 13.9. The minimum atomic E-state index is -6.18. The van der Waals surface area contributed by atoms with Crippen molar-refractivity contribution in [3.8, 4) is 0 Å². The Bertz CT molecular complexity index is 656. The van der Waals surface area contributed by atoms with Crippen LogP contribution in [0.5, 0.6) is 0 Å². The van der Waals surface area contributed by atoms with E-state index in [9.17, 15) is 44.7 Å². The molecule has 0 aliphatic heterocycles. The summed E-state index contributed by atoms with van der Waals surface area (Å²) >= 11 is 0. The molecule has 0 saturated heterocycles. The Morgan fingerprint density at radius 3 is 1.77 bits per heavy atom. The molecule has 0 amide bonds. The first-order valence-electron chi connectivity index (χ1n) is 4.87. The molecule has 22 heavy (non-hydrogen) atoms. The third-order valence-corrected chi connectivity index (χ3v) is 2.48. The van der Waals surface area contributed by atoms with Crippen molar-refractivity contribution in [1.82, 2.24) is 0 Å². The summed E-state index contributed by atoms with van der Waals surface area (Å²) in [5.41, 5.74) is -10.8. The zero-order chi connectivity index (χ0) is 17.6. The van der Waals surface area contributed by atoms with Gasteiger partial charge in [0.05, 0.1) is 5.57 Å². The van der Waals surface area contributed by atoms with Gasteiger partial charge < -0.3 is 10.2 Å². The Morgan fingerprint density at radius 2 is 1.45 bits per heavy atom. The fourth-order valence-corrected chi connectivity index (χ4v) is 1.52. The van der Waals surface area contributed by atoms with Crippen molar-refractivity contribution in [1.29, 1.82) is 0 Å². The summed E-state index contributed by atoms with van der Waals surface area (Å²) in [6, 6.07) is 0. The molecule has 1 aliphatic rings. The summed E-state index contributed by atoms with van der Waals surface area (Å²) in [5, 5.41) is 16.8. The second kappa shape index (κ2) is 5.10. The third-order valence-electron chi connectivity index (χ3n) is 2.48. The monoisotopic (exact) mass is 338 g/mol. The molecule has 0 radical (unpaired) electrons. The molecule has 0 heterocycles. The van der Waals surface area contributed by atoms with Gasteiger partial charge in [-0.25, -0.2) is 31.5 Å². The molecule has 0 saturated carbocycles. The first-order chi connectivity index (χ1) is 9.77. The first-order valence-corrected chi connectivity index (χ1v) is 4.87. The molecular weight excluding hydrogens is 336 g/mol. The number of carboxylic acid groups (broad SMARTS) is 2. The zero-order valence-electron chi connectivity index (χ0n) is 9.73. The number of halogens is 8. The number of aliphatic carboxylic acids is 2. The van der Waals surface area contributed by atoms with Crippen LogP contribution in [0.25, 0.3) is 0 Å². The maximum Gasteiger partial charge on any atom is 0.443 e. The van der Waals surface area contributed by atoms with Gasteiger partial charge in [0.2, 0.25) is 5.83 Å². The van der Waals surface area contributed by atoms with E-state index < -0.39 is 58.2 Å². The van der Waals surface area contributed by atoms with E-state index in [0.717, 1.165) is 0 Å². The number of carbonyl (C=O) groups is 2. The molecule has 1 aliphatic carbocycles. The average molecular weight is 338 g/mol. The van der Waals surface area contributed by atoms with Crippen LogP contribution >= 0.6 is 0 Å². The van der Waals surface area contributed by atoms with Crippen LogP contribution in [-0.2, 0) is 9.59 Å². The zero-order valence-corrected chi connectivity index (χ0v) is 9.73. The van der Waals surface area contributed by atoms with Crippen molar-refractivity contribution < 1.29 is 54.9 Å². The smallest absolute Gasteiger partial charge is 0.443 e. The summed E-state index contributed by atoms with van der Waals surface area (Å²) in [6.45, 7) is 0. The Morgan fingerprint density at radius 1 is 1.00 bits per heavy atom. The van der Waals surface area contributed by atoms with Crippen molar-refractivity contribution in [3.05, 3.63) is 34.5 Å². The van der Waals surface area contributed by atoms with E-state index in [-0.39, 0.29) is 0 Å². The molecule has 1 rings (SSSR count). The Hall–Kier alpha value is -2.40. The van der Waals surface area contributed by atoms with Crippen LogP contribution in [0.4, 0.5) is 35.1 Å². The first kappa shape index (κ1) is 17.7. The van der Waals surface area contributed by atoms with Crippen molar-refractivity contribution in [2.24, 2.45) is 0 Å². The van der Waals surface area contributed by atoms with Crippen molar-refractivity contribution in [2.45, 2.75) is 11.8 Å². The molecule has 4 nitrogen and oxygen atoms in total. The van der Waals surface area contributed by atoms with E-state index in [1.165, 1.54) is 0 Å². The maximum atomic E-state index is 13.9. The van der Waals surface area contributed by atoms with E-state index in [4.69, 9.17) is 10.2 Å². The number of alkyl halides is 4. The van der Waals surface area contributed by atoms with Gasteiger partial charge in [-0.15, -0.1) is 0 Å². The highest BCUT2D eigenvalue weighted by Gasteiger charge is 2.60. The highest BCUT2D eigenvalue weighted by molar-refractivity contribution is 5.98. The van der Waals surface area contributed by atoms with Crippen molar-refractivity contribution >= 4 is 11.9 Å². The molecule has 1 atom stereocenters. The summed E-state index contributed by atoms with van der Waals surface area (Å²) in [7, 11) is 0. The van der Waals surface area contributed by atoms with Crippen LogP contribution < -0.4 is 0 Å². The molecular formula is C10H2F8O4. The fraction of sp³-hybridized carbons (Fsp3) is 0.200. The number of hydrogen-bond donors (Lipinski definition) is 2. The van der Waals surface area contributed by atoms with Crippen LogP contribution in [0.3, 0.4) is 0 Å². The van der Waals surface area contributed by atoms with E-state index in [0.29, 0.717) is 0 Å². The Kier molecular flexibility index (Phi) is 4.09. The van der Waals surface area contributed by atoms with Gasteiger partial charge in [-0.05, 0) is 0 Å². The Balaban J connectivity index is 4.00. The second-order valence-corrected chi connectivity index (χ2v) is 3.77. The van der Waals surface area contributed by atoms with Gasteiger partial charge in [-0.2, -0.15) is 13.2 Å². The molecule has 0 aromatic rings. The summed E-state index contributed by atoms with van der Waals surface area (Å²) in [4.78, 5) is 21.1. The SMILES string of the molecule is O=C(O)C1=C(F)C(=C(F)C(F)(F)F)C(F)(C(=O)O)C(F)=C1F. The molecule has 0 aromatic carbocycles. The predicted molar refractivity (Wildman–Crippen MR) is 50.7 cm³/mol. The molecule has 12 heteroatoms. The fourth-order valence-electron chi connectivity index (χ4n) is 1.52. The van der Waals surface area contributed by atoms with Gasteiger partial charge in [0.1, 0.15) is 5.57 Å². The molecule has 1 unspecified atom stereocenters. The van der Waals surface area contributed by atoms with Gasteiger partial charge in [-0.1, -0.05) is 0 Å². The molecule has 0 bridgehead atoms. The summed E-state index contributed by atoms with van der Waals surface area (Å²) < 4.78 is 104. The van der Waals surface area contributed by atoms with Gasteiger partial charge in [0, 0.05) is 0 Å². The standard InChI is InChI=1S/C10H2F8O4/c11-3-1(7(19)20)4(12)6(14)9(15,8(21)22)2(3)5(13)10(16,17)18/h(H,19,20)(H,21,22). The largest absolute Gasteiger partial charge is 0.478 e. The van der Waals surface area contributed by atoms with Crippen LogP contribution in [0.15, 0.2) is 34.5 Å². The number of hydrogen-bond acceptors (Lipinski definition) is 2. The summed E-state index contributed by atoms with van der Waals surface area (Å²) in [5.74, 6) is -18.8. The summed E-state index contributed by atoms with van der Waals surface area (Å²) in [6.07, 6.45) is -6.18. The molecule has 0 fully saturated rings. The average Bonchev–Trinajstić information content (AvgIpc) is 2.34. The molecule has 2 N–H and O–H groups in total. The Labute approximate surface area is 114 Å². The van der Waals surface area contributed by atoms with Crippen LogP contribution in [-0.4, -0.2) is 34.0 Å². The van der Waals surface area contributed by atoms with Crippen molar-refractivity contribution in [2.75, 3.05) is 0 Å². The minimum absolute atomic E-state index is 2.47. The lowest BCUT2D eigenvalue weighted by Gasteiger charge is -2.27. The lowest BCUT2D eigenvalue weighted by molar-refractivity contribution is -0.148. The predicted octanol–water partition coefficient (Wildman–Crippen LogP) is 3.04.